The minimum absolute atomic E-state index is 0.0789. The van der Waals surface area contributed by atoms with Crippen LogP contribution in [0, 0.1) is 11.3 Å². The van der Waals surface area contributed by atoms with Crippen molar-refractivity contribution in [2.45, 2.75) is 40.0 Å². The minimum Gasteiger partial charge on any atom is -0.340 e. The Bertz CT molecular complexity index is 444. The first-order chi connectivity index (χ1) is 8.88. The van der Waals surface area contributed by atoms with Gasteiger partial charge in [0, 0.05) is 26.3 Å². The molecule has 0 unspecified atom stereocenters. The average Bonchev–Trinajstić information content (AvgIpc) is 2.62. The number of hydrogen-bond donors (Lipinski definition) is 0. The number of nitrogens with zero attached hydrogens (tertiary/aromatic N) is 3. The molecule has 0 radical (unpaired) electrons. The molecule has 1 fully saturated rings. The topological polar surface area (TPSA) is 38.1 Å². The number of aryl methyl sites for hydroxylation is 1. The Kier molecular flexibility index (Phi) is 3.97. The molecule has 2 heterocycles. The van der Waals surface area contributed by atoms with Gasteiger partial charge in [-0.05, 0) is 30.6 Å². The summed E-state index contributed by atoms with van der Waals surface area (Å²) in [7, 11) is 1.89. The van der Waals surface area contributed by atoms with E-state index in [-0.39, 0.29) is 5.91 Å². The number of amides is 1. The summed E-state index contributed by atoms with van der Waals surface area (Å²) in [5.41, 5.74) is 0.904. The first-order valence-electron chi connectivity index (χ1n) is 7.15. The molecule has 4 nitrogen and oxygen atoms in total. The fourth-order valence-corrected chi connectivity index (χ4v) is 2.85. The summed E-state index contributed by atoms with van der Waals surface area (Å²) >= 11 is 0. The van der Waals surface area contributed by atoms with Gasteiger partial charge in [0.15, 0.2) is 0 Å². The van der Waals surface area contributed by atoms with Gasteiger partial charge in [-0.3, -0.25) is 4.79 Å². The Morgan fingerprint density at radius 3 is 2.63 bits per heavy atom. The summed E-state index contributed by atoms with van der Waals surface area (Å²) in [4.78, 5) is 18.5. The lowest BCUT2D eigenvalue weighted by atomic mass is 9.77. The highest BCUT2D eigenvalue weighted by molar-refractivity contribution is 5.92. The number of rotatable bonds is 1. The zero-order chi connectivity index (χ0) is 14.0. The first kappa shape index (κ1) is 14.1. The molecule has 19 heavy (non-hydrogen) atoms. The number of aromatic nitrogens is 2. The van der Waals surface area contributed by atoms with Gasteiger partial charge in [-0.25, -0.2) is 4.98 Å². The quantitative estimate of drug-likeness (QED) is 0.781. The van der Waals surface area contributed by atoms with E-state index in [2.05, 4.69) is 25.8 Å². The molecule has 1 amide bonds. The second-order valence-electron chi connectivity index (χ2n) is 6.71. The van der Waals surface area contributed by atoms with Crippen LogP contribution in [-0.2, 0) is 7.05 Å². The molecule has 1 aliphatic heterocycles. The molecule has 1 aliphatic rings. The maximum absolute atomic E-state index is 12.4. The van der Waals surface area contributed by atoms with Gasteiger partial charge in [0.25, 0.3) is 5.91 Å². The van der Waals surface area contributed by atoms with E-state index in [1.165, 1.54) is 6.42 Å². The predicted octanol–water partition coefficient (Wildman–Crippen LogP) is 2.71. The van der Waals surface area contributed by atoms with Crippen molar-refractivity contribution in [3.05, 3.63) is 18.2 Å². The highest BCUT2D eigenvalue weighted by Gasteiger charge is 2.29. The molecule has 0 N–H and O–H groups in total. The predicted molar refractivity (Wildman–Crippen MR) is 75.9 cm³/mol. The van der Waals surface area contributed by atoms with Crippen molar-refractivity contribution >= 4 is 5.91 Å². The highest BCUT2D eigenvalue weighted by atomic mass is 16.2. The Morgan fingerprint density at radius 2 is 2.05 bits per heavy atom. The zero-order valence-electron chi connectivity index (χ0n) is 12.5. The molecule has 0 spiro atoms. The van der Waals surface area contributed by atoms with Crippen molar-refractivity contribution in [3.8, 4) is 0 Å². The van der Waals surface area contributed by atoms with Gasteiger partial charge in [0.1, 0.15) is 5.69 Å². The monoisotopic (exact) mass is 263 g/mol. The van der Waals surface area contributed by atoms with Crippen LogP contribution < -0.4 is 0 Å². The van der Waals surface area contributed by atoms with Crippen molar-refractivity contribution in [1.82, 2.24) is 14.5 Å². The van der Waals surface area contributed by atoms with Gasteiger partial charge >= 0.3 is 0 Å². The maximum atomic E-state index is 12.4. The third-order valence-electron chi connectivity index (χ3n) is 4.16. The SMILES string of the molecule is Cn1cnc(C(=O)N2CCC[C@H](C(C)(C)C)CC2)c1. The fraction of sp³-hybridized carbons (Fsp3) is 0.733. The van der Waals surface area contributed by atoms with Crippen LogP contribution in [0.25, 0.3) is 0 Å². The second-order valence-corrected chi connectivity index (χ2v) is 6.71. The smallest absolute Gasteiger partial charge is 0.274 e. The van der Waals surface area contributed by atoms with Crippen LogP contribution in [0.3, 0.4) is 0 Å². The number of likely N-dealkylation sites (tertiary alicyclic amines) is 1. The van der Waals surface area contributed by atoms with E-state index >= 15 is 0 Å². The summed E-state index contributed by atoms with van der Waals surface area (Å²) in [6.07, 6.45) is 6.90. The summed E-state index contributed by atoms with van der Waals surface area (Å²) in [5, 5.41) is 0. The van der Waals surface area contributed by atoms with Gasteiger partial charge in [-0.2, -0.15) is 0 Å². The van der Waals surface area contributed by atoms with E-state index in [1.807, 2.05) is 16.5 Å². The zero-order valence-corrected chi connectivity index (χ0v) is 12.5. The van der Waals surface area contributed by atoms with Crippen LogP contribution in [0.5, 0.6) is 0 Å². The van der Waals surface area contributed by atoms with Crippen LogP contribution in [0.1, 0.15) is 50.5 Å². The second kappa shape index (κ2) is 5.35. The van der Waals surface area contributed by atoms with E-state index < -0.39 is 0 Å². The molecule has 106 valence electrons. The van der Waals surface area contributed by atoms with Crippen molar-refractivity contribution in [2.24, 2.45) is 18.4 Å². The minimum atomic E-state index is 0.0789. The lowest BCUT2D eigenvalue weighted by Crippen LogP contribution is -2.32. The van der Waals surface area contributed by atoms with Crippen LogP contribution >= 0.6 is 0 Å². The molecule has 2 rings (SSSR count). The summed E-state index contributed by atoms with van der Waals surface area (Å²) in [5.74, 6) is 0.782. The van der Waals surface area contributed by atoms with Gasteiger partial charge in [0.05, 0.1) is 6.33 Å². The van der Waals surface area contributed by atoms with Crippen molar-refractivity contribution < 1.29 is 4.79 Å². The molecule has 1 aromatic heterocycles. The number of carbonyl (C=O) groups excluding carboxylic acids is 1. The normalized spacial score (nSPS) is 21.3. The molecule has 0 bridgehead atoms. The molecule has 4 heteroatoms. The number of carbonyl (C=O) groups is 1. The van der Waals surface area contributed by atoms with Gasteiger partial charge < -0.3 is 9.47 Å². The molecular formula is C15H25N3O. The van der Waals surface area contributed by atoms with Crippen LogP contribution in [0.4, 0.5) is 0 Å². The van der Waals surface area contributed by atoms with Crippen LogP contribution in [0.15, 0.2) is 12.5 Å². The van der Waals surface area contributed by atoms with Gasteiger partial charge in [-0.15, -0.1) is 0 Å². The summed E-state index contributed by atoms with van der Waals surface area (Å²) < 4.78 is 1.82. The molecular weight excluding hydrogens is 238 g/mol. The van der Waals surface area contributed by atoms with Crippen molar-refractivity contribution in [2.75, 3.05) is 13.1 Å². The first-order valence-corrected chi connectivity index (χ1v) is 7.15. The third-order valence-corrected chi connectivity index (χ3v) is 4.16. The molecule has 0 aromatic carbocycles. The lowest BCUT2D eigenvalue weighted by Gasteiger charge is -2.29. The molecule has 1 saturated heterocycles. The number of imidazole rings is 1. The lowest BCUT2D eigenvalue weighted by molar-refractivity contribution is 0.0750. The van der Waals surface area contributed by atoms with Crippen molar-refractivity contribution in [3.63, 3.8) is 0 Å². The standard InChI is InChI=1S/C15H25N3O/c1-15(2,3)12-6-5-8-18(9-7-12)14(19)13-10-17(4)11-16-13/h10-12H,5-9H2,1-4H3/t12-/m0/s1. The average molecular weight is 263 g/mol. The largest absolute Gasteiger partial charge is 0.340 e. The highest BCUT2D eigenvalue weighted by Crippen LogP contribution is 2.34. The van der Waals surface area contributed by atoms with Crippen molar-refractivity contribution in [1.29, 1.82) is 0 Å². The van der Waals surface area contributed by atoms with E-state index in [0.717, 1.165) is 25.9 Å². The third kappa shape index (κ3) is 3.37. The van der Waals surface area contributed by atoms with Crippen LogP contribution in [0.2, 0.25) is 0 Å². The maximum Gasteiger partial charge on any atom is 0.274 e. The Labute approximate surface area is 115 Å². The van der Waals surface area contributed by atoms with E-state index in [9.17, 15) is 4.79 Å². The van der Waals surface area contributed by atoms with E-state index in [0.29, 0.717) is 17.0 Å². The molecule has 0 saturated carbocycles. The Hall–Kier alpha value is -1.32. The summed E-state index contributed by atoms with van der Waals surface area (Å²) in [6, 6.07) is 0. The molecule has 0 aliphatic carbocycles. The fourth-order valence-electron chi connectivity index (χ4n) is 2.85. The number of hydrogen-bond acceptors (Lipinski definition) is 2. The summed E-state index contributed by atoms with van der Waals surface area (Å²) in [6.45, 7) is 8.62. The van der Waals surface area contributed by atoms with E-state index in [4.69, 9.17) is 0 Å². The Morgan fingerprint density at radius 1 is 1.32 bits per heavy atom. The Balaban J connectivity index is 2.01. The van der Waals surface area contributed by atoms with Crippen LogP contribution in [-0.4, -0.2) is 33.4 Å². The molecule has 1 atom stereocenters. The van der Waals surface area contributed by atoms with Gasteiger partial charge in [-0.1, -0.05) is 20.8 Å². The van der Waals surface area contributed by atoms with E-state index in [1.54, 1.807) is 12.5 Å². The van der Waals surface area contributed by atoms with Gasteiger partial charge in [0.2, 0.25) is 0 Å². The molecule has 1 aromatic rings.